The first kappa shape index (κ1) is 27.1. The van der Waals surface area contributed by atoms with Gasteiger partial charge in [-0.25, -0.2) is 8.42 Å². The van der Waals surface area contributed by atoms with Crippen LogP contribution in [0.5, 0.6) is 0 Å². The normalized spacial score (nSPS) is 15.2. The number of piperazine rings is 1. The largest absolute Gasteiger partial charge is 0.354 e. The standard InChI is InChI=1S/C26H26BrCl2N3O3S/c27-21-15-23(28)26(24(29)16-21)36(34,35)32-13-11-31(12-14-32)18-25(33)30-17-22(19-7-3-1-4-8-19)20-9-5-2-6-10-20/h1-10,15-16,22H,11-14,17-18H2,(H,30,33). The number of carbonyl (C=O) groups is 1. The molecule has 3 aromatic rings. The van der Waals surface area contributed by atoms with E-state index in [2.05, 4.69) is 45.5 Å². The van der Waals surface area contributed by atoms with Crippen molar-refractivity contribution < 1.29 is 13.2 Å². The molecule has 1 saturated heterocycles. The number of rotatable bonds is 8. The van der Waals surface area contributed by atoms with E-state index >= 15 is 0 Å². The maximum absolute atomic E-state index is 13.2. The molecule has 0 atom stereocenters. The third kappa shape index (κ3) is 6.49. The molecule has 1 heterocycles. The van der Waals surface area contributed by atoms with E-state index in [0.717, 1.165) is 11.1 Å². The van der Waals surface area contributed by atoms with Crippen molar-refractivity contribution in [3.8, 4) is 0 Å². The predicted molar refractivity (Wildman–Crippen MR) is 147 cm³/mol. The molecule has 0 saturated carbocycles. The summed E-state index contributed by atoms with van der Waals surface area (Å²) in [7, 11) is -3.85. The van der Waals surface area contributed by atoms with E-state index < -0.39 is 10.0 Å². The van der Waals surface area contributed by atoms with Crippen molar-refractivity contribution in [3.05, 3.63) is 98.4 Å². The minimum atomic E-state index is -3.85. The molecule has 1 amide bonds. The Kier molecular flexibility index (Phi) is 9.09. The van der Waals surface area contributed by atoms with E-state index in [9.17, 15) is 13.2 Å². The monoisotopic (exact) mass is 609 g/mol. The van der Waals surface area contributed by atoms with E-state index in [-0.39, 0.29) is 46.4 Å². The van der Waals surface area contributed by atoms with Crippen molar-refractivity contribution in [3.63, 3.8) is 0 Å². The van der Waals surface area contributed by atoms with Gasteiger partial charge >= 0.3 is 0 Å². The van der Waals surface area contributed by atoms with E-state index in [0.29, 0.717) is 24.1 Å². The minimum absolute atomic E-state index is 0.0405. The summed E-state index contributed by atoms with van der Waals surface area (Å²) < 4.78 is 28.3. The van der Waals surface area contributed by atoms with E-state index in [4.69, 9.17) is 23.2 Å². The van der Waals surface area contributed by atoms with Gasteiger partial charge < -0.3 is 5.32 Å². The van der Waals surface area contributed by atoms with Crippen molar-refractivity contribution >= 4 is 55.1 Å². The summed E-state index contributed by atoms with van der Waals surface area (Å²) in [5.74, 6) is -0.0547. The van der Waals surface area contributed by atoms with E-state index in [1.807, 2.05) is 41.3 Å². The molecule has 190 valence electrons. The lowest BCUT2D eigenvalue weighted by Crippen LogP contribution is -2.51. The van der Waals surface area contributed by atoms with Crippen LogP contribution >= 0.6 is 39.1 Å². The molecule has 10 heteroatoms. The molecule has 1 aliphatic heterocycles. The van der Waals surface area contributed by atoms with Gasteiger partial charge in [0.05, 0.1) is 16.6 Å². The Morgan fingerprint density at radius 1 is 0.889 bits per heavy atom. The smallest absolute Gasteiger partial charge is 0.246 e. The average molecular weight is 611 g/mol. The highest BCUT2D eigenvalue weighted by Crippen LogP contribution is 2.35. The van der Waals surface area contributed by atoms with Gasteiger partial charge in [0.15, 0.2) is 0 Å². The molecule has 0 aromatic heterocycles. The Morgan fingerprint density at radius 3 is 1.89 bits per heavy atom. The van der Waals surface area contributed by atoms with Gasteiger partial charge in [-0.3, -0.25) is 9.69 Å². The van der Waals surface area contributed by atoms with Crippen LogP contribution in [0.25, 0.3) is 0 Å². The Balaban J connectivity index is 1.34. The van der Waals surface area contributed by atoms with Crippen molar-refractivity contribution in [1.82, 2.24) is 14.5 Å². The summed E-state index contributed by atoms with van der Waals surface area (Å²) >= 11 is 15.7. The van der Waals surface area contributed by atoms with Crippen LogP contribution < -0.4 is 5.32 Å². The second kappa shape index (κ2) is 12.1. The number of hydrogen-bond donors (Lipinski definition) is 1. The summed E-state index contributed by atoms with van der Waals surface area (Å²) in [5.41, 5.74) is 2.26. The molecule has 0 bridgehead atoms. The number of halogens is 3. The van der Waals surface area contributed by atoms with Crippen LogP contribution in [0, 0.1) is 0 Å². The number of sulfonamides is 1. The van der Waals surface area contributed by atoms with E-state index in [1.54, 1.807) is 0 Å². The zero-order chi connectivity index (χ0) is 25.7. The summed E-state index contributed by atoms with van der Waals surface area (Å²) in [4.78, 5) is 14.6. The zero-order valence-corrected chi connectivity index (χ0v) is 23.3. The van der Waals surface area contributed by atoms with Gasteiger partial charge in [0.25, 0.3) is 0 Å². The van der Waals surface area contributed by atoms with Crippen molar-refractivity contribution in [2.75, 3.05) is 39.3 Å². The molecule has 0 radical (unpaired) electrons. The molecule has 1 fully saturated rings. The summed E-state index contributed by atoms with van der Waals surface area (Å²) in [6.07, 6.45) is 0. The Morgan fingerprint density at radius 2 is 1.39 bits per heavy atom. The lowest BCUT2D eigenvalue weighted by molar-refractivity contribution is -0.122. The van der Waals surface area contributed by atoms with Gasteiger partial charge in [-0.15, -0.1) is 0 Å². The lowest BCUT2D eigenvalue weighted by atomic mass is 9.91. The molecule has 1 N–H and O–H groups in total. The number of hydrogen-bond acceptors (Lipinski definition) is 4. The average Bonchev–Trinajstić information content (AvgIpc) is 2.85. The van der Waals surface area contributed by atoms with Crippen LogP contribution in [-0.2, 0) is 14.8 Å². The molecular formula is C26H26BrCl2N3O3S. The first-order valence-corrected chi connectivity index (χ1v) is 14.5. The second-order valence-corrected chi connectivity index (χ2v) is 12.2. The first-order chi connectivity index (χ1) is 17.3. The molecule has 0 unspecified atom stereocenters. The van der Waals surface area contributed by atoms with Gasteiger partial charge in [-0.1, -0.05) is 99.8 Å². The van der Waals surface area contributed by atoms with Gasteiger partial charge in [-0.05, 0) is 23.3 Å². The fourth-order valence-corrected chi connectivity index (χ4v) is 7.61. The molecular weight excluding hydrogens is 585 g/mol. The fraction of sp³-hybridized carbons (Fsp3) is 0.269. The Labute approximate surface area is 230 Å². The first-order valence-electron chi connectivity index (χ1n) is 11.5. The number of nitrogens with zero attached hydrogens (tertiary/aromatic N) is 2. The summed E-state index contributed by atoms with van der Waals surface area (Å²) in [6, 6.07) is 23.2. The Bertz CT molecular complexity index is 1240. The lowest BCUT2D eigenvalue weighted by Gasteiger charge is -2.34. The minimum Gasteiger partial charge on any atom is -0.354 e. The molecule has 0 aliphatic carbocycles. The molecule has 36 heavy (non-hydrogen) atoms. The van der Waals surface area contributed by atoms with Crippen LogP contribution in [0.2, 0.25) is 10.0 Å². The topological polar surface area (TPSA) is 69.7 Å². The number of amides is 1. The van der Waals surface area contributed by atoms with Crippen molar-refractivity contribution in [1.29, 1.82) is 0 Å². The highest BCUT2D eigenvalue weighted by atomic mass is 79.9. The van der Waals surface area contributed by atoms with Crippen molar-refractivity contribution in [2.24, 2.45) is 0 Å². The number of benzene rings is 3. The van der Waals surface area contributed by atoms with Crippen molar-refractivity contribution in [2.45, 2.75) is 10.8 Å². The fourth-order valence-electron chi connectivity index (χ4n) is 4.31. The second-order valence-electron chi connectivity index (χ2n) is 8.56. The number of nitrogens with one attached hydrogen (secondary N) is 1. The van der Waals surface area contributed by atoms with Crippen LogP contribution in [-0.4, -0.2) is 62.8 Å². The Hall–Kier alpha value is -1.94. The number of carbonyl (C=O) groups excluding carboxylic acids is 1. The molecule has 3 aromatic carbocycles. The van der Waals surface area contributed by atoms with E-state index in [1.165, 1.54) is 16.4 Å². The third-order valence-electron chi connectivity index (χ3n) is 6.17. The quantitative estimate of drug-likeness (QED) is 0.389. The maximum atomic E-state index is 13.2. The predicted octanol–water partition coefficient (Wildman–Crippen LogP) is 5.01. The van der Waals surface area contributed by atoms with Crippen LogP contribution in [0.1, 0.15) is 17.0 Å². The van der Waals surface area contributed by atoms with Gasteiger partial charge in [-0.2, -0.15) is 4.31 Å². The van der Waals surface area contributed by atoms with Gasteiger partial charge in [0.2, 0.25) is 15.9 Å². The van der Waals surface area contributed by atoms with Crippen LogP contribution in [0.15, 0.2) is 82.2 Å². The molecule has 1 aliphatic rings. The SMILES string of the molecule is O=C(CN1CCN(S(=O)(=O)c2c(Cl)cc(Br)cc2Cl)CC1)NCC(c1ccccc1)c1ccccc1. The zero-order valence-electron chi connectivity index (χ0n) is 19.4. The van der Waals surface area contributed by atoms with Crippen LogP contribution in [0.4, 0.5) is 0 Å². The summed E-state index contributed by atoms with van der Waals surface area (Å²) in [5, 5.41) is 3.21. The van der Waals surface area contributed by atoms with Crippen LogP contribution in [0.3, 0.4) is 0 Å². The highest BCUT2D eigenvalue weighted by Gasteiger charge is 2.32. The maximum Gasteiger partial charge on any atom is 0.246 e. The molecule has 4 rings (SSSR count). The molecule has 0 spiro atoms. The summed E-state index contributed by atoms with van der Waals surface area (Å²) in [6.45, 7) is 2.02. The third-order valence-corrected chi connectivity index (χ3v) is 9.45. The molecule has 6 nitrogen and oxygen atoms in total. The van der Waals surface area contributed by atoms with Gasteiger partial charge in [0.1, 0.15) is 4.90 Å². The highest BCUT2D eigenvalue weighted by molar-refractivity contribution is 9.10. The van der Waals surface area contributed by atoms with Gasteiger partial charge in [0, 0.05) is 43.1 Å².